The topological polar surface area (TPSA) is 32.7 Å². The van der Waals surface area contributed by atoms with Crippen molar-refractivity contribution in [3.8, 4) is 5.75 Å². The van der Waals surface area contributed by atoms with Gasteiger partial charge >= 0.3 is 0 Å². The fourth-order valence-corrected chi connectivity index (χ4v) is 2.40. The summed E-state index contributed by atoms with van der Waals surface area (Å²) in [5.41, 5.74) is 3.38. The molecule has 2 atom stereocenters. The molecule has 1 aromatic carbocycles. The van der Waals surface area contributed by atoms with E-state index in [1.807, 2.05) is 13.0 Å². The molecule has 0 aromatic heterocycles. The third-order valence-electron chi connectivity index (χ3n) is 3.81. The van der Waals surface area contributed by atoms with Crippen LogP contribution < -0.4 is 0 Å². The zero-order valence-corrected chi connectivity index (χ0v) is 11.7. The Morgan fingerprint density at radius 3 is 2.67 bits per heavy atom. The average molecular weight is 249 g/mol. The number of aryl methyl sites for hydroxylation is 2. The molecule has 1 aliphatic rings. The lowest BCUT2D eigenvalue weighted by atomic mass is 10.0. The number of morpholine rings is 1. The van der Waals surface area contributed by atoms with E-state index in [9.17, 15) is 5.11 Å². The van der Waals surface area contributed by atoms with Gasteiger partial charge in [0, 0.05) is 24.7 Å². The van der Waals surface area contributed by atoms with Crippen molar-refractivity contribution < 1.29 is 9.84 Å². The molecule has 1 saturated heterocycles. The second-order valence-electron chi connectivity index (χ2n) is 5.49. The number of nitrogens with zero attached hydrogens (tertiary/aromatic N) is 1. The van der Waals surface area contributed by atoms with Crippen molar-refractivity contribution >= 4 is 0 Å². The molecule has 1 N–H and O–H groups in total. The van der Waals surface area contributed by atoms with E-state index in [4.69, 9.17) is 4.74 Å². The summed E-state index contributed by atoms with van der Waals surface area (Å²) in [5, 5.41) is 10.0. The summed E-state index contributed by atoms with van der Waals surface area (Å²) in [7, 11) is 0. The summed E-state index contributed by atoms with van der Waals surface area (Å²) in [6.45, 7) is 10.9. The Morgan fingerprint density at radius 1 is 1.28 bits per heavy atom. The van der Waals surface area contributed by atoms with Gasteiger partial charge in [0.15, 0.2) is 0 Å². The van der Waals surface area contributed by atoms with Crippen molar-refractivity contribution in [1.82, 2.24) is 4.90 Å². The first kappa shape index (κ1) is 13.4. The van der Waals surface area contributed by atoms with Gasteiger partial charge in [-0.15, -0.1) is 0 Å². The van der Waals surface area contributed by atoms with Crippen molar-refractivity contribution in [2.75, 3.05) is 13.2 Å². The molecular weight excluding hydrogens is 226 g/mol. The summed E-state index contributed by atoms with van der Waals surface area (Å²) in [6.07, 6.45) is 0.273. The van der Waals surface area contributed by atoms with Gasteiger partial charge in [-0.1, -0.05) is 6.07 Å². The maximum Gasteiger partial charge on any atom is 0.120 e. The Hall–Kier alpha value is -1.06. The van der Waals surface area contributed by atoms with E-state index < -0.39 is 0 Å². The van der Waals surface area contributed by atoms with Gasteiger partial charge < -0.3 is 9.84 Å². The van der Waals surface area contributed by atoms with E-state index in [1.165, 1.54) is 5.56 Å². The van der Waals surface area contributed by atoms with Gasteiger partial charge in [-0.25, -0.2) is 0 Å². The average Bonchev–Trinajstić information content (AvgIpc) is 2.30. The van der Waals surface area contributed by atoms with Crippen LogP contribution in [-0.4, -0.2) is 35.3 Å². The standard InChI is InChI=1S/C15H23NO2/c1-10-5-14(15(17)6-11(10)2)8-16-7-13(4)18-9-12(16)3/h5-6,12-13,17H,7-9H2,1-4H3. The van der Waals surface area contributed by atoms with Crippen LogP contribution >= 0.6 is 0 Å². The Balaban J connectivity index is 2.15. The molecule has 0 radical (unpaired) electrons. The number of aromatic hydroxyl groups is 1. The van der Waals surface area contributed by atoms with Gasteiger partial charge in [-0.05, 0) is 44.9 Å². The van der Waals surface area contributed by atoms with E-state index in [1.54, 1.807) is 0 Å². The lowest BCUT2D eigenvalue weighted by molar-refractivity contribution is -0.0528. The second-order valence-corrected chi connectivity index (χ2v) is 5.49. The van der Waals surface area contributed by atoms with E-state index in [-0.39, 0.29) is 6.10 Å². The summed E-state index contributed by atoms with van der Waals surface area (Å²) in [4.78, 5) is 2.37. The zero-order chi connectivity index (χ0) is 13.3. The normalized spacial score (nSPS) is 25.3. The molecular formula is C15H23NO2. The molecule has 1 aliphatic heterocycles. The smallest absolute Gasteiger partial charge is 0.120 e. The van der Waals surface area contributed by atoms with E-state index in [0.29, 0.717) is 11.8 Å². The molecule has 0 aliphatic carbocycles. The Bertz CT molecular complexity index is 431. The fourth-order valence-electron chi connectivity index (χ4n) is 2.40. The molecule has 1 fully saturated rings. The Labute approximate surface area is 109 Å². The number of benzene rings is 1. The quantitative estimate of drug-likeness (QED) is 0.874. The predicted octanol–water partition coefficient (Wildman–Crippen LogP) is 2.62. The predicted molar refractivity (Wildman–Crippen MR) is 72.9 cm³/mol. The summed E-state index contributed by atoms with van der Waals surface area (Å²) < 4.78 is 5.63. The molecule has 100 valence electrons. The number of hydrogen-bond acceptors (Lipinski definition) is 3. The lowest BCUT2D eigenvalue weighted by Crippen LogP contribution is -2.46. The van der Waals surface area contributed by atoms with Gasteiger partial charge in [0.1, 0.15) is 5.75 Å². The fraction of sp³-hybridized carbons (Fsp3) is 0.600. The molecule has 0 saturated carbocycles. The van der Waals surface area contributed by atoms with Crippen LogP contribution in [0.25, 0.3) is 0 Å². The van der Waals surface area contributed by atoms with Crippen LogP contribution in [-0.2, 0) is 11.3 Å². The molecule has 0 amide bonds. The van der Waals surface area contributed by atoms with Gasteiger partial charge in [0.25, 0.3) is 0 Å². The van der Waals surface area contributed by atoms with E-state index in [2.05, 4.69) is 31.7 Å². The first-order chi connectivity index (χ1) is 8.47. The van der Waals surface area contributed by atoms with Crippen molar-refractivity contribution in [3.63, 3.8) is 0 Å². The van der Waals surface area contributed by atoms with Gasteiger partial charge in [0.2, 0.25) is 0 Å². The molecule has 2 rings (SSSR count). The number of hydrogen-bond donors (Lipinski definition) is 1. The highest BCUT2D eigenvalue weighted by Crippen LogP contribution is 2.25. The third kappa shape index (κ3) is 2.85. The summed E-state index contributed by atoms with van der Waals surface area (Å²) in [5.74, 6) is 0.407. The maximum atomic E-state index is 10.0. The van der Waals surface area contributed by atoms with Crippen molar-refractivity contribution in [3.05, 3.63) is 28.8 Å². The number of phenols is 1. The Morgan fingerprint density at radius 2 is 1.94 bits per heavy atom. The monoisotopic (exact) mass is 249 g/mol. The molecule has 1 aromatic rings. The SMILES string of the molecule is Cc1cc(O)c(CN2CC(C)OCC2C)cc1C. The van der Waals surface area contributed by atoms with Crippen molar-refractivity contribution in [2.24, 2.45) is 0 Å². The van der Waals surface area contributed by atoms with E-state index >= 15 is 0 Å². The van der Waals surface area contributed by atoms with E-state index in [0.717, 1.165) is 30.8 Å². The maximum absolute atomic E-state index is 10.0. The van der Waals surface area contributed by atoms with Crippen molar-refractivity contribution in [1.29, 1.82) is 0 Å². The summed E-state index contributed by atoms with van der Waals surface area (Å²) in [6, 6.07) is 4.36. The number of rotatable bonds is 2. The van der Waals surface area contributed by atoms with Crippen LogP contribution in [0.15, 0.2) is 12.1 Å². The Kier molecular flexibility index (Phi) is 3.93. The zero-order valence-electron chi connectivity index (χ0n) is 11.7. The molecule has 3 heteroatoms. The number of ether oxygens (including phenoxy) is 1. The van der Waals surface area contributed by atoms with Crippen LogP contribution in [0.5, 0.6) is 5.75 Å². The molecule has 3 nitrogen and oxygen atoms in total. The van der Waals surface area contributed by atoms with Crippen LogP contribution in [0, 0.1) is 13.8 Å². The van der Waals surface area contributed by atoms with Crippen LogP contribution in [0.1, 0.15) is 30.5 Å². The highest BCUT2D eigenvalue weighted by Gasteiger charge is 2.24. The molecule has 1 heterocycles. The van der Waals surface area contributed by atoms with Crippen LogP contribution in [0.2, 0.25) is 0 Å². The lowest BCUT2D eigenvalue weighted by Gasteiger charge is -2.37. The first-order valence-electron chi connectivity index (χ1n) is 6.62. The largest absolute Gasteiger partial charge is 0.508 e. The van der Waals surface area contributed by atoms with Gasteiger partial charge in [-0.2, -0.15) is 0 Å². The molecule has 0 spiro atoms. The minimum atomic E-state index is 0.273. The number of phenolic OH excluding ortho intramolecular Hbond substituents is 1. The van der Waals surface area contributed by atoms with Gasteiger partial charge in [0.05, 0.1) is 12.7 Å². The second kappa shape index (κ2) is 5.29. The molecule has 2 unspecified atom stereocenters. The summed E-state index contributed by atoms with van der Waals surface area (Å²) >= 11 is 0. The minimum absolute atomic E-state index is 0.273. The third-order valence-corrected chi connectivity index (χ3v) is 3.81. The molecule has 0 bridgehead atoms. The highest BCUT2D eigenvalue weighted by atomic mass is 16.5. The van der Waals surface area contributed by atoms with Crippen molar-refractivity contribution in [2.45, 2.75) is 46.4 Å². The molecule has 18 heavy (non-hydrogen) atoms. The van der Waals surface area contributed by atoms with Crippen LogP contribution in [0.4, 0.5) is 0 Å². The highest BCUT2D eigenvalue weighted by molar-refractivity contribution is 5.40. The minimum Gasteiger partial charge on any atom is -0.508 e. The van der Waals surface area contributed by atoms with Gasteiger partial charge in [-0.3, -0.25) is 4.90 Å². The first-order valence-corrected chi connectivity index (χ1v) is 6.62. The van der Waals surface area contributed by atoms with Crippen LogP contribution in [0.3, 0.4) is 0 Å².